The fourth-order valence-electron chi connectivity index (χ4n) is 3.69. The zero-order valence-electron chi connectivity index (χ0n) is 15.2. The van der Waals surface area contributed by atoms with Crippen LogP contribution >= 0.6 is 11.3 Å². The van der Waals surface area contributed by atoms with Crippen molar-refractivity contribution < 1.29 is 19.0 Å². The maximum Gasteiger partial charge on any atom is 0.338 e. The number of rotatable bonds is 5. The molecule has 0 spiro atoms. The minimum absolute atomic E-state index is 0.251. The van der Waals surface area contributed by atoms with E-state index < -0.39 is 0 Å². The molecule has 0 aliphatic carbocycles. The SMILES string of the molecule is COC(=O)c1cc(OCC23CC(CO2)N(C)C3)cc(-c2ncc(C)s2)c1. The molecule has 4 rings (SSSR count). The van der Waals surface area contributed by atoms with E-state index in [4.69, 9.17) is 14.2 Å². The summed E-state index contributed by atoms with van der Waals surface area (Å²) in [5, 5.41) is 0.856. The highest BCUT2D eigenvalue weighted by Gasteiger charge is 2.50. The molecule has 2 bridgehead atoms. The Kier molecular flexibility index (Phi) is 4.46. The Morgan fingerprint density at radius 2 is 2.31 bits per heavy atom. The molecule has 26 heavy (non-hydrogen) atoms. The van der Waals surface area contributed by atoms with E-state index in [1.165, 1.54) is 7.11 Å². The molecule has 1 aromatic heterocycles. The van der Waals surface area contributed by atoms with Gasteiger partial charge in [0.1, 0.15) is 23.0 Å². The number of nitrogens with zero attached hydrogens (tertiary/aromatic N) is 2. The van der Waals surface area contributed by atoms with Crippen molar-refractivity contribution >= 4 is 17.3 Å². The molecule has 0 N–H and O–H groups in total. The number of carbonyl (C=O) groups excluding carboxylic acids is 1. The fraction of sp³-hybridized carbons (Fsp3) is 0.474. The molecule has 2 aliphatic heterocycles. The Balaban J connectivity index is 1.59. The van der Waals surface area contributed by atoms with Gasteiger partial charge in [0.15, 0.2) is 0 Å². The highest BCUT2D eigenvalue weighted by atomic mass is 32.1. The zero-order chi connectivity index (χ0) is 18.3. The van der Waals surface area contributed by atoms with Crippen LogP contribution in [0.15, 0.2) is 24.4 Å². The number of carbonyl (C=O) groups is 1. The van der Waals surface area contributed by atoms with Crippen LogP contribution in [-0.2, 0) is 9.47 Å². The van der Waals surface area contributed by atoms with Crippen molar-refractivity contribution in [3.63, 3.8) is 0 Å². The first-order valence-corrected chi connectivity index (χ1v) is 9.43. The van der Waals surface area contributed by atoms with Crippen molar-refractivity contribution in [2.75, 3.05) is 33.9 Å². The van der Waals surface area contributed by atoms with Crippen molar-refractivity contribution in [2.24, 2.45) is 0 Å². The maximum atomic E-state index is 12.1. The number of hydrogen-bond donors (Lipinski definition) is 0. The van der Waals surface area contributed by atoms with Gasteiger partial charge in [0.05, 0.1) is 19.3 Å². The average molecular weight is 374 g/mol. The summed E-state index contributed by atoms with van der Waals surface area (Å²) in [5.41, 5.74) is 1.06. The van der Waals surface area contributed by atoms with Gasteiger partial charge in [0, 0.05) is 29.2 Å². The normalized spacial score (nSPS) is 24.8. The Hall–Kier alpha value is -1.96. The Labute approximate surface area is 156 Å². The van der Waals surface area contributed by atoms with Crippen molar-refractivity contribution in [2.45, 2.75) is 25.0 Å². The van der Waals surface area contributed by atoms with Gasteiger partial charge in [-0.05, 0) is 38.6 Å². The summed E-state index contributed by atoms with van der Waals surface area (Å²) in [4.78, 5) is 19.9. The summed E-state index contributed by atoms with van der Waals surface area (Å²) < 4.78 is 16.9. The van der Waals surface area contributed by atoms with E-state index in [-0.39, 0.29) is 11.6 Å². The second kappa shape index (κ2) is 6.64. The molecule has 138 valence electrons. The van der Waals surface area contributed by atoms with Crippen LogP contribution in [0.2, 0.25) is 0 Å². The molecule has 6 nitrogen and oxygen atoms in total. The first-order chi connectivity index (χ1) is 12.5. The number of esters is 1. The summed E-state index contributed by atoms with van der Waals surface area (Å²) in [6.07, 6.45) is 2.81. The van der Waals surface area contributed by atoms with Gasteiger partial charge in [-0.3, -0.25) is 4.90 Å². The predicted molar refractivity (Wildman–Crippen MR) is 98.8 cm³/mol. The van der Waals surface area contributed by atoms with Crippen LogP contribution in [0.1, 0.15) is 21.7 Å². The Morgan fingerprint density at radius 1 is 1.46 bits per heavy atom. The summed E-state index contributed by atoms with van der Waals surface area (Å²) in [7, 11) is 3.50. The molecule has 2 aromatic rings. The topological polar surface area (TPSA) is 60.9 Å². The summed E-state index contributed by atoms with van der Waals surface area (Å²) in [6, 6.07) is 5.92. The predicted octanol–water partition coefficient (Wildman–Crippen LogP) is 2.76. The lowest BCUT2D eigenvalue weighted by Crippen LogP contribution is -2.44. The van der Waals surface area contributed by atoms with Crippen molar-refractivity contribution in [3.05, 3.63) is 34.8 Å². The van der Waals surface area contributed by atoms with Gasteiger partial charge in [-0.25, -0.2) is 9.78 Å². The van der Waals surface area contributed by atoms with E-state index in [0.717, 1.165) is 35.0 Å². The van der Waals surface area contributed by atoms with Gasteiger partial charge in [0.2, 0.25) is 0 Å². The minimum Gasteiger partial charge on any atom is -0.490 e. The van der Waals surface area contributed by atoms with Crippen molar-refractivity contribution in [1.82, 2.24) is 9.88 Å². The number of aryl methyl sites for hydroxylation is 1. The largest absolute Gasteiger partial charge is 0.490 e. The minimum atomic E-state index is -0.388. The molecule has 2 fully saturated rings. The smallest absolute Gasteiger partial charge is 0.338 e. The molecule has 2 saturated heterocycles. The highest BCUT2D eigenvalue weighted by Crippen LogP contribution is 2.37. The van der Waals surface area contributed by atoms with E-state index in [2.05, 4.69) is 16.9 Å². The highest BCUT2D eigenvalue weighted by molar-refractivity contribution is 7.14. The molecule has 2 aliphatic rings. The summed E-state index contributed by atoms with van der Waals surface area (Å²) in [5.74, 6) is 0.243. The first kappa shape index (κ1) is 17.5. The van der Waals surface area contributed by atoms with Gasteiger partial charge in [-0.1, -0.05) is 0 Å². The van der Waals surface area contributed by atoms with E-state index >= 15 is 0 Å². The van der Waals surface area contributed by atoms with E-state index in [1.807, 2.05) is 19.2 Å². The number of likely N-dealkylation sites (tertiary alicyclic amines) is 1. The second-order valence-corrected chi connectivity index (χ2v) is 8.30. The number of aromatic nitrogens is 1. The average Bonchev–Trinajstić information content (AvgIpc) is 3.33. The van der Waals surface area contributed by atoms with Crippen LogP contribution in [-0.4, -0.2) is 61.4 Å². The third-order valence-electron chi connectivity index (χ3n) is 5.05. The molecular formula is C19H22N2O4S. The molecule has 0 saturated carbocycles. The van der Waals surface area contributed by atoms with Gasteiger partial charge >= 0.3 is 5.97 Å². The number of fused-ring (bicyclic) bond motifs is 2. The van der Waals surface area contributed by atoms with Crippen LogP contribution in [0.25, 0.3) is 10.6 Å². The number of likely N-dealkylation sites (N-methyl/N-ethyl adjacent to an activating group) is 1. The Bertz CT molecular complexity index is 833. The molecule has 0 amide bonds. The number of thiazole rings is 1. The van der Waals surface area contributed by atoms with Crippen molar-refractivity contribution in [3.8, 4) is 16.3 Å². The van der Waals surface area contributed by atoms with Gasteiger partial charge in [0.25, 0.3) is 0 Å². The van der Waals surface area contributed by atoms with Crippen LogP contribution in [0.3, 0.4) is 0 Å². The quantitative estimate of drug-likeness (QED) is 0.750. The number of ether oxygens (including phenoxy) is 3. The van der Waals surface area contributed by atoms with Gasteiger partial charge < -0.3 is 14.2 Å². The van der Waals surface area contributed by atoms with E-state index in [1.54, 1.807) is 23.5 Å². The molecule has 2 atom stereocenters. The first-order valence-electron chi connectivity index (χ1n) is 8.61. The number of methoxy groups -OCH3 is 1. The number of hydrogen-bond acceptors (Lipinski definition) is 7. The molecule has 2 unspecified atom stereocenters. The van der Waals surface area contributed by atoms with Crippen LogP contribution in [0.5, 0.6) is 5.75 Å². The van der Waals surface area contributed by atoms with E-state index in [9.17, 15) is 4.79 Å². The second-order valence-electron chi connectivity index (χ2n) is 7.07. The summed E-state index contributed by atoms with van der Waals surface area (Å²) in [6.45, 7) is 4.10. The lowest BCUT2D eigenvalue weighted by molar-refractivity contribution is -0.0624. The third-order valence-corrected chi connectivity index (χ3v) is 6.01. The molecule has 0 radical (unpaired) electrons. The van der Waals surface area contributed by atoms with Crippen molar-refractivity contribution in [1.29, 1.82) is 0 Å². The molecular weight excluding hydrogens is 352 g/mol. The molecule has 1 aromatic carbocycles. The van der Waals surface area contributed by atoms with Crippen LogP contribution in [0.4, 0.5) is 0 Å². The van der Waals surface area contributed by atoms with E-state index in [0.29, 0.717) is 24.0 Å². The zero-order valence-corrected chi connectivity index (χ0v) is 16.0. The third kappa shape index (κ3) is 3.22. The number of morpholine rings is 1. The lowest BCUT2D eigenvalue weighted by atomic mass is 10.0. The van der Waals surface area contributed by atoms with Crippen LogP contribution in [0, 0.1) is 6.92 Å². The summed E-state index contributed by atoms with van der Waals surface area (Å²) >= 11 is 1.58. The standard InChI is InChI=1S/C19H22N2O4S/c1-12-8-20-17(26-12)13-4-14(18(22)23-3)6-16(5-13)24-11-19-7-15(9-25-19)21(2)10-19/h4-6,8,15H,7,9-11H2,1-3H3. The molecule has 3 heterocycles. The number of benzene rings is 1. The monoisotopic (exact) mass is 374 g/mol. The maximum absolute atomic E-state index is 12.1. The van der Waals surface area contributed by atoms with Gasteiger partial charge in [-0.15, -0.1) is 11.3 Å². The van der Waals surface area contributed by atoms with Gasteiger partial charge in [-0.2, -0.15) is 0 Å². The lowest BCUT2D eigenvalue weighted by Gasteiger charge is -2.30. The van der Waals surface area contributed by atoms with Crippen LogP contribution < -0.4 is 4.74 Å². The molecule has 7 heteroatoms. The Morgan fingerprint density at radius 3 is 2.92 bits per heavy atom. The fourth-order valence-corrected chi connectivity index (χ4v) is 4.44.